The van der Waals surface area contributed by atoms with Crippen LogP contribution in [0.2, 0.25) is 0 Å². The van der Waals surface area contributed by atoms with Crippen molar-refractivity contribution in [1.82, 2.24) is 5.32 Å². The van der Waals surface area contributed by atoms with E-state index in [1.54, 1.807) is 40.4 Å². The van der Waals surface area contributed by atoms with E-state index in [2.05, 4.69) is 5.32 Å². The van der Waals surface area contributed by atoms with Gasteiger partial charge in [0.05, 0.1) is 21.3 Å². The highest BCUT2D eigenvalue weighted by Gasteiger charge is 2.17. The zero-order chi connectivity index (χ0) is 20.0. The average Bonchev–Trinajstić information content (AvgIpc) is 2.68. The van der Waals surface area contributed by atoms with E-state index in [-0.39, 0.29) is 5.91 Å². The molecule has 0 bridgehead atoms. The van der Waals surface area contributed by atoms with Crippen molar-refractivity contribution >= 4 is 5.91 Å². The largest absolute Gasteiger partial charge is 0.493 e. The first-order valence-corrected chi connectivity index (χ1v) is 8.70. The van der Waals surface area contributed by atoms with Crippen LogP contribution in [-0.2, 0) is 11.3 Å². The Morgan fingerprint density at radius 2 is 1.63 bits per heavy atom. The minimum atomic E-state index is -0.618. The predicted molar refractivity (Wildman–Crippen MR) is 104 cm³/mol. The molecule has 0 aliphatic rings. The first-order valence-electron chi connectivity index (χ1n) is 8.70. The maximum atomic E-state index is 12.4. The van der Waals surface area contributed by atoms with Gasteiger partial charge in [0.1, 0.15) is 5.75 Å². The summed E-state index contributed by atoms with van der Waals surface area (Å²) in [6, 6.07) is 9.40. The van der Waals surface area contributed by atoms with Crippen LogP contribution in [0.15, 0.2) is 30.3 Å². The van der Waals surface area contributed by atoms with Gasteiger partial charge in [0.2, 0.25) is 5.75 Å². The molecule has 2 aromatic carbocycles. The number of hydrogen-bond acceptors (Lipinski definition) is 5. The third-order valence-corrected chi connectivity index (χ3v) is 4.42. The van der Waals surface area contributed by atoms with Gasteiger partial charge in [-0.1, -0.05) is 12.1 Å². The van der Waals surface area contributed by atoms with Crippen LogP contribution in [0, 0.1) is 13.8 Å². The highest BCUT2D eigenvalue weighted by molar-refractivity contribution is 5.80. The van der Waals surface area contributed by atoms with E-state index in [0.29, 0.717) is 29.5 Å². The predicted octanol–water partition coefficient (Wildman–Crippen LogP) is 3.41. The van der Waals surface area contributed by atoms with E-state index in [1.165, 1.54) is 0 Å². The highest BCUT2D eigenvalue weighted by Crippen LogP contribution is 2.38. The van der Waals surface area contributed by atoms with Crippen LogP contribution >= 0.6 is 0 Å². The molecule has 1 unspecified atom stereocenters. The Balaban J connectivity index is 2.05. The van der Waals surface area contributed by atoms with E-state index < -0.39 is 6.10 Å². The second-order valence-corrected chi connectivity index (χ2v) is 6.21. The highest BCUT2D eigenvalue weighted by atomic mass is 16.5. The summed E-state index contributed by atoms with van der Waals surface area (Å²) in [5, 5.41) is 2.88. The van der Waals surface area contributed by atoms with Gasteiger partial charge in [-0.3, -0.25) is 4.79 Å². The number of methoxy groups -OCH3 is 3. The van der Waals surface area contributed by atoms with Crippen molar-refractivity contribution in [2.75, 3.05) is 21.3 Å². The van der Waals surface area contributed by atoms with Crippen molar-refractivity contribution in [3.05, 3.63) is 47.0 Å². The van der Waals surface area contributed by atoms with E-state index in [4.69, 9.17) is 18.9 Å². The van der Waals surface area contributed by atoms with E-state index in [0.717, 1.165) is 16.7 Å². The van der Waals surface area contributed by atoms with Crippen LogP contribution in [0.3, 0.4) is 0 Å². The molecule has 146 valence electrons. The molecule has 0 heterocycles. The van der Waals surface area contributed by atoms with Crippen molar-refractivity contribution in [2.45, 2.75) is 33.4 Å². The molecule has 0 fully saturated rings. The molecule has 2 rings (SSSR count). The topological polar surface area (TPSA) is 66.0 Å². The fraction of sp³-hybridized carbons (Fsp3) is 0.381. The van der Waals surface area contributed by atoms with Gasteiger partial charge in [0.15, 0.2) is 17.6 Å². The number of carbonyl (C=O) groups excluding carboxylic acids is 1. The number of hydrogen-bond donors (Lipinski definition) is 1. The standard InChI is InChI=1S/C21H27NO5/c1-13-8-7-9-17(14(13)2)27-15(3)21(23)22-12-16-10-18(24-4)20(26-6)19(11-16)25-5/h7-11,15H,12H2,1-6H3,(H,22,23). The lowest BCUT2D eigenvalue weighted by Gasteiger charge is -2.18. The van der Waals surface area contributed by atoms with E-state index in [1.807, 2.05) is 32.0 Å². The molecule has 0 aliphatic carbocycles. The van der Waals surface area contributed by atoms with Gasteiger partial charge in [-0.2, -0.15) is 0 Å². The Hall–Kier alpha value is -2.89. The average molecular weight is 373 g/mol. The molecule has 27 heavy (non-hydrogen) atoms. The van der Waals surface area contributed by atoms with Gasteiger partial charge >= 0.3 is 0 Å². The second-order valence-electron chi connectivity index (χ2n) is 6.21. The first-order chi connectivity index (χ1) is 12.9. The Labute approximate surface area is 160 Å². The van der Waals surface area contributed by atoms with Crippen LogP contribution in [0.5, 0.6) is 23.0 Å². The third-order valence-electron chi connectivity index (χ3n) is 4.42. The van der Waals surface area contributed by atoms with Gasteiger partial charge in [-0.15, -0.1) is 0 Å². The van der Waals surface area contributed by atoms with Gasteiger partial charge in [-0.05, 0) is 55.7 Å². The van der Waals surface area contributed by atoms with Crippen molar-refractivity contribution in [3.63, 3.8) is 0 Å². The van der Waals surface area contributed by atoms with Crippen LogP contribution in [0.4, 0.5) is 0 Å². The molecule has 6 nitrogen and oxygen atoms in total. The SMILES string of the molecule is COc1cc(CNC(=O)C(C)Oc2cccc(C)c2C)cc(OC)c1OC. The molecule has 1 atom stereocenters. The molecule has 0 aliphatic heterocycles. The zero-order valence-corrected chi connectivity index (χ0v) is 16.7. The molecule has 0 spiro atoms. The summed E-state index contributed by atoms with van der Waals surface area (Å²) in [5.41, 5.74) is 2.98. The molecule has 1 amide bonds. The molecular weight excluding hydrogens is 346 g/mol. The van der Waals surface area contributed by atoms with Gasteiger partial charge in [-0.25, -0.2) is 0 Å². The minimum Gasteiger partial charge on any atom is -0.493 e. The molecule has 6 heteroatoms. The number of nitrogens with one attached hydrogen (secondary N) is 1. The molecule has 0 saturated heterocycles. The lowest BCUT2D eigenvalue weighted by Crippen LogP contribution is -2.36. The summed E-state index contributed by atoms with van der Waals surface area (Å²) in [4.78, 5) is 12.4. The monoisotopic (exact) mass is 373 g/mol. The molecule has 0 aromatic heterocycles. The van der Waals surface area contributed by atoms with Crippen molar-refractivity contribution in [2.24, 2.45) is 0 Å². The van der Waals surface area contributed by atoms with Crippen LogP contribution < -0.4 is 24.3 Å². The number of benzene rings is 2. The summed E-state index contributed by atoms with van der Waals surface area (Å²) in [6.07, 6.45) is -0.618. The summed E-state index contributed by atoms with van der Waals surface area (Å²) >= 11 is 0. The van der Waals surface area contributed by atoms with Gasteiger partial charge in [0, 0.05) is 6.54 Å². The van der Waals surface area contributed by atoms with Gasteiger partial charge < -0.3 is 24.3 Å². The maximum Gasteiger partial charge on any atom is 0.261 e. The third kappa shape index (κ3) is 4.84. The summed E-state index contributed by atoms with van der Waals surface area (Å²) in [5.74, 6) is 2.11. The molecule has 0 radical (unpaired) electrons. The molecule has 1 N–H and O–H groups in total. The summed E-state index contributed by atoms with van der Waals surface area (Å²) in [6.45, 7) is 6.03. The minimum absolute atomic E-state index is 0.204. The summed E-state index contributed by atoms with van der Waals surface area (Å²) in [7, 11) is 4.66. The lowest BCUT2D eigenvalue weighted by atomic mass is 10.1. The van der Waals surface area contributed by atoms with Crippen LogP contribution in [0.25, 0.3) is 0 Å². The van der Waals surface area contributed by atoms with Crippen molar-refractivity contribution in [3.8, 4) is 23.0 Å². The first kappa shape index (κ1) is 20.4. The Bertz CT molecular complexity index is 778. The van der Waals surface area contributed by atoms with Crippen molar-refractivity contribution < 1.29 is 23.7 Å². The fourth-order valence-electron chi connectivity index (χ4n) is 2.67. The molecule has 0 saturated carbocycles. The number of aryl methyl sites for hydroxylation is 1. The number of rotatable bonds is 8. The Morgan fingerprint density at radius 1 is 1.00 bits per heavy atom. The zero-order valence-electron chi connectivity index (χ0n) is 16.7. The van der Waals surface area contributed by atoms with Crippen molar-refractivity contribution in [1.29, 1.82) is 0 Å². The molecule has 2 aromatic rings. The normalized spacial score (nSPS) is 11.5. The van der Waals surface area contributed by atoms with E-state index >= 15 is 0 Å². The van der Waals surface area contributed by atoms with Crippen LogP contribution in [-0.4, -0.2) is 33.3 Å². The quantitative estimate of drug-likeness (QED) is 0.768. The molecular formula is C21H27NO5. The van der Waals surface area contributed by atoms with Crippen LogP contribution in [0.1, 0.15) is 23.6 Å². The number of ether oxygens (including phenoxy) is 4. The van der Waals surface area contributed by atoms with E-state index in [9.17, 15) is 4.79 Å². The summed E-state index contributed by atoms with van der Waals surface area (Å²) < 4.78 is 21.8. The smallest absolute Gasteiger partial charge is 0.261 e. The fourth-order valence-corrected chi connectivity index (χ4v) is 2.67. The Morgan fingerprint density at radius 3 is 2.19 bits per heavy atom. The number of carbonyl (C=O) groups is 1. The second kappa shape index (κ2) is 9.16. The lowest BCUT2D eigenvalue weighted by molar-refractivity contribution is -0.127. The Kier molecular flexibility index (Phi) is 6.93. The maximum absolute atomic E-state index is 12.4. The van der Waals surface area contributed by atoms with Gasteiger partial charge in [0.25, 0.3) is 5.91 Å². The number of amides is 1.